The van der Waals surface area contributed by atoms with Crippen LogP contribution in [0.1, 0.15) is 28.8 Å². The van der Waals surface area contributed by atoms with Crippen LogP contribution in [0, 0.1) is 6.92 Å². The van der Waals surface area contributed by atoms with Gasteiger partial charge in [-0.15, -0.1) is 0 Å². The van der Waals surface area contributed by atoms with Gasteiger partial charge in [0.25, 0.3) is 11.8 Å². The second-order valence-corrected chi connectivity index (χ2v) is 6.54. The van der Waals surface area contributed by atoms with Crippen molar-refractivity contribution in [1.82, 2.24) is 9.80 Å². The van der Waals surface area contributed by atoms with Crippen LogP contribution in [-0.2, 0) is 9.53 Å². The molecule has 0 spiro atoms. The zero-order valence-electron chi connectivity index (χ0n) is 14.1. The third kappa shape index (κ3) is 3.60. The van der Waals surface area contributed by atoms with E-state index in [9.17, 15) is 9.59 Å². The zero-order valence-corrected chi connectivity index (χ0v) is 14.1. The standard InChI is InChI=1S/C18H25N3O3/c1-13-2-4-14(5-3-13)17(22)20-8-10-21(11-9-20)18(23)16-7-6-15(12-19)24-16/h2-5,15-16H,6-12,19H2,1H3/t15-,16+/m1/s1. The van der Waals surface area contributed by atoms with E-state index in [1.807, 2.05) is 41.0 Å². The number of ether oxygens (including phenoxy) is 1. The highest BCUT2D eigenvalue weighted by Gasteiger charge is 2.34. The van der Waals surface area contributed by atoms with E-state index >= 15 is 0 Å². The zero-order chi connectivity index (χ0) is 17.1. The van der Waals surface area contributed by atoms with Crippen molar-refractivity contribution in [2.45, 2.75) is 32.0 Å². The quantitative estimate of drug-likeness (QED) is 0.888. The molecule has 2 saturated heterocycles. The Morgan fingerprint density at radius 1 is 1.08 bits per heavy atom. The van der Waals surface area contributed by atoms with Crippen LogP contribution >= 0.6 is 0 Å². The lowest BCUT2D eigenvalue weighted by Gasteiger charge is -2.35. The van der Waals surface area contributed by atoms with E-state index in [0.717, 1.165) is 18.4 Å². The Balaban J connectivity index is 1.53. The first-order chi connectivity index (χ1) is 11.6. The largest absolute Gasteiger partial charge is 0.364 e. The average Bonchev–Trinajstić information content (AvgIpc) is 3.10. The molecule has 2 amide bonds. The van der Waals surface area contributed by atoms with E-state index in [1.54, 1.807) is 0 Å². The highest BCUT2D eigenvalue weighted by molar-refractivity contribution is 5.94. The lowest BCUT2D eigenvalue weighted by atomic mass is 10.1. The predicted octanol–water partition coefficient (Wildman–Crippen LogP) is 0.786. The molecule has 0 saturated carbocycles. The number of carbonyl (C=O) groups is 2. The van der Waals surface area contributed by atoms with Gasteiger partial charge in [0.2, 0.25) is 0 Å². The first-order valence-electron chi connectivity index (χ1n) is 8.58. The summed E-state index contributed by atoms with van der Waals surface area (Å²) >= 11 is 0. The summed E-state index contributed by atoms with van der Waals surface area (Å²) in [4.78, 5) is 28.6. The molecule has 2 N–H and O–H groups in total. The van der Waals surface area contributed by atoms with Gasteiger partial charge in [-0.05, 0) is 31.9 Å². The van der Waals surface area contributed by atoms with E-state index < -0.39 is 0 Å². The maximum absolute atomic E-state index is 12.5. The number of piperazine rings is 1. The fourth-order valence-corrected chi connectivity index (χ4v) is 3.27. The summed E-state index contributed by atoms with van der Waals surface area (Å²) in [7, 11) is 0. The molecule has 0 radical (unpaired) electrons. The summed E-state index contributed by atoms with van der Waals surface area (Å²) in [6.07, 6.45) is 1.23. The van der Waals surface area contributed by atoms with Crippen LogP contribution in [0.15, 0.2) is 24.3 Å². The second-order valence-electron chi connectivity index (χ2n) is 6.54. The van der Waals surface area contributed by atoms with Crippen LogP contribution in [0.4, 0.5) is 0 Å². The Morgan fingerprint density at radius 3 is 2.29 bits per heavy atom. The van der Waals surface area contributed by atoms with E-state index in [4.69, 9.17) is 10.5 Å². The third-order valence-electron chi connectivity index (χ3n) is 4.82. The maximum Gasteiger partial charge on any atom is 0.253 e. The molecule has 2 aliphatic heterocycles. The van der Waals surface area contributed by atoms with Crippen LogP contribution in [0.25, 0.3) is 0 Å². The highest BCUT2D eigenvalue weighted by atomic mass is 16.5. The fourth-order valence-electron chi connectivity index (χ4n) is 3.27. The van der Waals surface area contributed by atoms with Gasteiger partial charge in [-0.25, -0.2) is 0 Å². The van der Waals surface area contributed by atoms with Crippen LogP contribution in [0.3, 0.4) is 0 Å². The number of aryl methyl sites for hydroxylation is 1. The lowest BCUT2D eigenvalue weighted by Crippen LogP contribution is -2.53. The first-order valence-corrected chi connectivity index (χ1v) is 8.58. The normalized spacial score (nSPS) is 24.2. The highest BCUT2D eigenvalue weighted by Crippen LogP contribution is 2.21. The number of hydrogen-bond acceptors (Lipinski definition) is 4. The van der Waals surface area contributed by atoms with E-state index in [2.05, 4.69) is 0 Å². The van der Waals surface area contributed by atoms with Gasteiger partial charge in [0.15, 0.2) is 0 Å². The van der Waals surface area contributed by atoms with Crippen molar-refractivity contribution < 1.29 is 14.3 Å². The Kier molecular flexibility index (Phi) is 5.16. The number of benzene rings is 1. The minimum Gasteiger partial charge on any atom is -0.364 e. The maximum atomic E-state index is 12.5. The summed E-state index contributed by atoms with van der Waals surface area (Å²) in [6, 6.07) is 7.60. The number of nitrogens with two attached hydrogens (primary N) is 1. The molecule has 0 aliphatic carbocycles. The molecule has 3 rings (SSSR count). The molecule has 1 aromatic carbocycles. The molecule has 2 atom stereocenters. The second kappa shape index (κ2) is 7.32. The summed E-state index contributed by atoms with van der Waals surface area (Å²) in [5, 5.41) is 0. The first kappa shape index (κ1) is 16.9. The Hall–Kier alpha value is -1.92. The van der Waals surface area contributed by atoms with Crippen LogP contribution in [0.2, 0.25) is 0 Å². The van der Waals surface area contributed by atoms with Gasteiger partial charge in [-0.1, -0.05) is 17.7 Å². The van der Waals surface area contributed by atoms with Crippen molar-refractivity contribution in [1.29, 1.82) is 0 Å². The van der Waals surface area contributed by atoms with Crippen molar-refractivity contribution in [3.8, 4) is 0 Å². The molecule has 2 fully saturated rings. The molecular formula is C18H25N3O3. The molecule has 0 aromatic heterocycles. The number of carbonyl (C=O) groups excluding carboxylic acids is 2. The van der Waals surface area contributed by atoms with Gasteiger partial charge >= 0.3 is 0 Å². The molecule has 24 heavy (non-hydrogen) atoms. The molecule has 2 heterocycles. The molecule has 0 unspecified atom stereocenters. The van der Waals surface area contributed by atoms with Gasteiger partial charge in [-0.3, -0.25) is 9.59 Å². The SMILES string of the molecule is Cc1ccc(C(=O)N2CCN(C(=O)[C@@H]3CC[C@H](CN)O3)CC2)cc1. The fraction of sp³-hybridized carbons (Fsp3) is 0.556. The van der Waals surface area contributed by atoms with Crippen LogP contribution in [-0.4, -0.2) is 66.5 Å². The van der Waals surface area contributed by atoms with Gasteiger partial charge < -0.3 is 20.3 Å². The van der Waals surface area contributed by atoms with E-state index in [-0.39, 0.29) is 24.0 Å². The molecule has 2 aliphatic rings. The van der Waals surface area contributed by atoms with Crippen molar-refractivity contribution in [2.24, 2.45) is 5.73 Å². The van der Waals surface area contributed by atoms with Crippen molar-refractivity contribution in [3.63, 3.8) is 0 Å². The molecule has 6 heteroatoms. The molecule has 130 valence electrons. The average molecular weight is 331 g/mol. The van der Waals surface area contributed by atoms with E-state index in [0.29, 0.717) is 38.3 Å². The molecule has 1 aromatic rings. The predicted molar refractivity (Wildman–Crippen MR) is 90.6 cm³/mol. The number of rotatable bonds is 3. The monoisotopic (exact) mass is 331 g/mol. The third-order valence-corrected chi connectivity index (χ3v) is 4.82. The summed E-state index contributed by atoms with van der Waals surface area (Å²) in [6.45, 7) is 4.70. The molecule has 0 bridgehead atoms. The smallest absolute Gasteiger partial charge is 0.253 e. The topological polar surface area (TPSA) is 75.9 Å². The Labute approximate surface area is 142 Å². The number of hydrogen-bond donors (Lipinski definition) is 1. The number of nitrogens with zero attached hydrogens (tertiary/aromatic N) is 2. The van der Waals surface area contributed by atoms with Gasteiger partial charge in [0, 0.05) is 38.3 Å². The number of amides is 2. The van der Waals surface area contributed by atoms with Crippen molar-refractivity contribution in [2.75, 3.05) is 32.7 Å². The van der Waals surface area contributed by atoms with E-state index in [1.165, 1.54) is 0 Å². The molecular weight excluding hydrogens is 306 g/mol. The van der Waals surface area contributed by atoms with Crippen molar-refractivity contribution >= 4 is 11.8 Å². The Bertz CT molecular complexity index is 594. The lowest BCUT2D eigenvalue weighted by molar-refractivity contribution is -0.144. The summed E-state index contributed by atoms with van der Waals surface area (Å²) < 4.78 is 5.68. The van der Waals surface area contributed by atoms with Crippen molar-refractivity contribution in [3.05, 3.63) is 35.4 Å². The minimum absolute atomic E-state index is 0.00311. The van der Waals surface area contributed by atoms with Gasteiger partial charge in [-0.2, -0.15) is 0 Å². The summed E-state index contributed by atoms with van der Waals surface area (Å²) in [5.74, 6) is 0.0656. The van der Waals surface area contributed by atoms with Crippen LogP contribution < -0.4 is 5.73 Å². The Morgan fingerprint density at radius 2 is 1.71 bits per heavy atom. The summed E-state index contributed by atoms with van der Waals surface area (Å²) in [5.41, 5.74) is 7.43. The van der Waals surface area contributed by atoms with Crippen LogP contribution in [0.5, 0.6) is 0 Å². The molecule has 6 nitrogen and oxygen atoms in total. The van der Waals surface area contributed by atoms with Gasteiger partial charge in [0.05, 0.1) is 6.10 Å². The minimum atomic E-state index is -0.363. The van der Waals surface area contributed by atoms with Gasteiger partial charge in [0.1, 0.15) is 6.10 Å².